The molecule has 0 bridgehead atoms. The molecule has 3 aromatic rings. The Morgan fingerprint density at radius 3 is 2.66 bits per heavy atom. The predicted molar refractivity (Wildman–Crippen MR) is 119 cm³/mol. The molecule has 0 N–H and O–H groups in total. The summed E-state index contributed by atoms with van der Waals surface area (Å²) in [6, 6.07) is 10.5. The van der Waals surface area contributed by atoms with Crippen molar-refractivity contribution in [3.8, 4) is 11.6 Å². The lowest BCUT2D eigenvalue weighted by atomic mass is 9.91. The van der Waals surface area contributed by atoms with Gasteiger partial charge in [0.15, 0.2) is 11.5 Å². The molecule has 1 aromatic carbocycles. The van der Waals surface area contributed by atoms with Crippen LogP contribution in [0.15, 0.2) is 34.9 Å². The van der Waals surface area contributed by atoms with Gasteiger partial charge in [0.25, 0.3) is 5.89 Å². The Bertz CT molecular complexity index is 1150. The lowest BCUT2D eigenvalue weighted by Gasteiger charge is -2.19. The summed E-state index contributed by atoms with van der Waals surface area (Å²) >= 11 is 0. The number of esters is 1. The van der Waals surface area contributed by atoms with E-state index in [1.165, 1.54) is 11.1 Å². The summed E-state index contributed by atoms with van der Waals surface area (Å²) in [6.07, 6.45) is 4.61. The number of benzene rings is 1. The second kappa shape index (κ2) is 7.57. The maximum atomic E-state index is 12.2. The van der Waals surface area contributed by atoms with Gasteiger partial charge in [-0.1, -0.05) is 29.4 Å². The van der Waals surface area contributed by atoms with E-state index < -0.39 is 5.60 Å². The number of hydrogen-bond acceptors (Lipinski definition) is 6. The Balaban J connectivity index is 1.37. The first-order valence-electron chi connectivity index (χ1n) is 11.5. The highest BCUT2D eigenvalue weighted by molar-refractivity contribution is 5.69. The number of rotatable bonds is 7. The molecule has 0 saturated heterocycles. The Morgan fingerprint density at radius 2 is 2.00 bits per heavy atom. The van der Waals surface area contributed by atoms with Crippen LogP contribution in [0.4, 0.5) is 0 Å². The molecule has 32 heavy (non-hydrogen) atoms. The number of hydrogen-bond donors (Lipinski definition) is 0. The van der Waals surface area contributed by atoms with Crippen LogP contribution in [0.5, 0.6) is 0 Å². The maximum Gasteiger partial charge on any atom is 0.308 e. The lowest BCUT2D eigenvalue weighted by Crippen LogP contribution is -2.24. The van der Waals surface area contributed by atoms with Crippen molar-refractivity contribution in [3.63, 3.8) is 0 Å². The van der Waals surface area contributed by atoms with E-state index in [1.807, 2.05) is 31.5 Å². The molecule has 0 aliphatic heterocycles. The molecular formula is C25H30N4O3. The minimum atomic E-state index is -0.484. The maximum absolute atomic E-state index is 12.2. The Labute approximate surface area is 188 Å². The van der Waals surface area contributed by atoms with Gasteiger partial charge in [-0.25, -0.2) is 0 Å². The molecule has 168 valence electrons. The summed E-state index contributed by atoms with van der Waals surface area (Å²) in [5, 5.41) is 9.08. The third-order valence-electron chi connectivity index (χ3n) is 6.24. The molecule has 0 spiro atoms. The van der Waals surface area contributed by atoms with Gasteiger partial charge in [-0.05, 0) is 70.6 Å². The van der Waals surface area contributed by atoms with E-state index in [9.17, 15) is 4.79 Å². The molecule has 7 heteroatoms. The van der Waals surface area contributed by atoms with E-state index in [1.54, 1.807) is 0 Å². The normalized spacial score (nSPS) is 17.4. The molecule has 7 nitrogen and oxygen atoms in total. The van der Waals surface area contributed by atoms with E-state index in [2.05, 4.69) is 36.3 Å². The fourth-order valence-corrected chi connectivity index (χ4v) is 4.38. The van der Waals surface area contributed by atoms with Crippen LogP contribution >= 0.6 is 0 Å². The number of ether oxygens (including phenoxy) is 1. The molecule has 0 atom stereocenters. The second-order valence-corrected chi connectivity index (χ2v) is 10.1. The Hall–Kier alpha value is -2.96. The molecule has 0 radical (unpaired) electrons. The van der Waals surface area contributed by atoms with Crippen LogP contribution in [0.1, 0.15) is 81.4 Å². The monoisotopic (exact) mass is 434 g/mol. The number of aryl methyl sites for hydroxylation is 2. The summed E-state index contributed by atoms with van der Waals surface area (Å²) < 4.78 is 13.0. The highest BCUT2D eigenvalue weighted by Gasteiger charge is 2.50. The standard InChI is InChI=1S/C25H30N4O3/c1-16-7-5-6-8-18(16)25(12-13-25)23-26-22(32-28-23)19-15-20(17-9-10-17)29(27-19)14-11-21(30)31-24(2,3)4/h5-8,15,17H,9-14H2,1-4H3. The van der Waals surface area contributed by atoms with Crippen LogP contribution in [0, 0.1) is 6.92 Å². The van der Waals surface area contributed by atoms with Crippen molar-refractivity contribution >= 4 is 5.97 Å². The molecule has 2 heterocycles. The summed E-state index contributed by atoms with van der Waals surface area (Å²) in [7, 11) is 0. The molecule has 2 saturated carbocycles. The van der Waals surface area contributed by atoms with Gasteiger partial charge in [-0.15, -0.1) is 0 Å². The Kier molecular flexibility index (Phi) is 4.95. The zero-order valence-corrected chi connectivity index (χ0v) is 19.2. The largest absolute Gasteiger partial charge is 0.460 e. The molecule has 2 aliphatic carbocycles. The molecule has 2 fully saturated rings. The van der Waals surface area contributed by atoms with Gasteiger partial charge < -0.3 is 9.26 Å². The van der Waals surface area contributed by atoms with E-state index in [-0.39, 0.29) is 17.8 Å². The van der Waals surface area contributed by atoms with Gasteiger partial charge in [0.1, 0.15) is 5.60 Å². The third-order valence-corrected chi connectivity index (χ3v) is 6.24. The zero-order chi connectivity index (χ0) is 22.5. The topological polar surface area (TPSA) is 83.0 Å². The average molecular weight is 435 g/mol. The predicted octanol–water partition coefficient (Wildman–Crippen LogP) is 4.93. The highest BCUT2D eigenvalue weighted by Crippen LogP contribution is 2.53. The van der Waals surface area contributed by atoms with Crippen LogP contribution in [0.3, 0.4) is 0 Å². The van der Waals surface area contributed by atoms with Crippen LogP contribution in [-0.4, -0.2) is 31.5 Å². The first-order chi connectivity index (χ1) is 15.2. The quantitative estimate of drug-likeness (QED) is 0.490. The van der Waals surface area contributed by atoms with Crippen molar-refractivity contribution in [3.05, 3.63) is 53.0 Å². The van der Waals surface area contributed by atoms with Crippen molar-refractivity contribution in [2.45, 2.75) is 83.3 Å². The molecular weight excluding hydrogens is 404 g/mol. The van der Waals surface area contributed by atoms with Gasteiger partial charge in [0.2, 0.25) is 0 Å². The summed E-state index contributed by atoms with van der Waals surface area (Å²) in [5.41, 5.74) is 3.69. The van der Waals surface area contributed by atoms with Crippen LogP contribution in [0.25, 0.3) is 11.6 Å². The molecule has 0 unspecified atom stereocenters. The van der Waals surface area contributed by atoms with Crippen molar-refractivity contribution in [1.29, 1.82) is 0 Å². The van der Waals surface area contributed by atoms with Gasteiger partial charge >= 0.3 is 5.97 Å². The number of aromatic nitrogens is 4. The number of carbonyl (C=O) groups is 1. The number of nitrogens with zero attached hydrogens (tertiary/aromatic N) is 4. The smallest absolute Gasteiger partial charge is 0.308 e. The zero-order valence-electron chi connectivity index (χ0n) is 19.2. The minimum Gasteiger partial charge on any atom is -0.460 e. The number of carbonyl (C=O) groups excluding carboxylic acids is 1. The van der Waals surface area contributed by atoms with Crippen molar-refractivity contribution < 1.29 is 14.1 Å². The summed E-state index contributed by atoms with van der Waals surface area (Å²) in [4.78, 5) is 16.9. The first-order valence-corrected chi connectivity index (χ1v) is 11.5. The van der Waals surface area contributed by atoms with Gasteiger partial charge in [0, 0.05) is 11.6 Å². The van der Waals surface area contributed by atoms with E-state index in [0.29, 0.717) is 24.0 Å². The lowest BCUT2D eigenvalue weighted by molar-refractivity contribution is -0.155. The van der Waals surface area contributed by atoms with Crippen LogP contribution in [0.2, 0.25) is 0 Å². The fourth-order valence-electron chi connectivity index (χ4n) is 4.38. The van der Waals surface area contributed by atoms with E-state index in [0.717, 1.165) is 37.2 Å². The second-order valence-electron chi connectivity index (χ2n) is 10.1. The summed E-state index contributed by atoms with van der Waals surface area (Å²) in [5.74, 6) is 1.44. The van der Waals surface area contributed by atoms with Crippen molar-refractivity contribution in [2.75, 3.05) is 0 Å². The first kappa shape index (κ1) is 20.9. The van der Waals surface area contributed by atoms with E-state index in [4.69, 9.17) is 19.3 Å². The van der Waals surface area contributed by atoms with Gasteiger partial charge in [0.05, 0.1) is 18.4 Å². The molecule has 2 aromatic heterocycles. The minimum absolute atomic E-state index is 0.147. The highest BCUT2D eigenvalue weighted by atomic mass is 16.6. The van der Waals surface area contributed by atoms with Crippen molar-refractivity contribution in [2.24, 2.45) is 0 Å². The summed E-state index contributed by atoms with van der Waals surface area (Å²) in [6.45, 7) is 8.25. The Morgan fingerprint density at radius 1 is 1.25 bits per heavy atom. The van der Waals surface area contributed by atoms with E-state index >= 15 is 0 Å². The average Bonchev–Trinajstić information content (AvgIpc) is 3.64. The van der Waals surface area contributed by atoms with Gasteiger partial charge in [-0.2, -0.15) is 10.1 Å². The molecule has 2 aliphatic rings. The molecule has 5 rings (SSSR count). The SMILES string of the molecule is Cc1ccccc1C1(c2noc(-c3cc(C4CC4)n(CCC(=O)OC(C)(C)C)n3)n2)CC1. The third kappa shape index (κ3) is 4.08. The van der Waals surface area contributed by atoms with Crippen molar-refractivity contribution in [1.82, 2.24) is 19.9 Å². The molecule has 0 amide bonds. The fraction of sp³-hybridized carbons (Fsp3) is 0.520. The van der Waals surface area contributed by atoms with Crippen LogP contribution < -0.4 is 0 Å². The van der Waals surface area contributed by atoms with Crippen LogP contribution in [-0.2, 0) is 21.5 Å². The van der Waals surface area contributed by atoms with Gasteiger partial charge in [-0.3, -0.25) is 9.48 Å².